The molecule has 2 aromatic carbocycles. The normalized spacial score (nSPS) is 17.2. The monoisotopic (exact) mass is 507 g/mol. The van der Waals surface area contributed by atoms with Crippen LogP contribution in [-0.4, -0.2) is 24.1 Å². The maximum Gasteiger partial charge on any atom is 0.416 e. The summed E-state index contributed by atoms with van der Waals surface area (Å²) in [5.41, 5.74) is -2.54. The van der Waals surface area contributed by atoms with Crippen LogP contribution in [0.1, 0.15) is 28.2 Å². The van der Waals surface area contributed by atoms with Crippen LogP contribution in [0.15, 0.2) is 36.4 Å². The molecule has 0 N–H and O–H groups in total. The number of nitrogens with zero attached hydrogens (tertiary/aromatic N) is 1. The molecule has 12 heteroatoms. The lowest BCUT2D eigenvalue weighted by Gasteiger charge is -2.33. The molecule has 1 amide bonds. The van der Waals surface area contributed by atoms with Crippen LogP contribution >= 0.6 is 35.6 Å². The quantitative estimate of drug-likeness (QED) is 0.411. The molecule has 1 fully saturated rings. The molecule has 0 radical (unpaired) electrons. The summed E-state index contributed by atoms with van der Waals surface area (Å²) in [5, 5.41) is 0.582. The highest BCUT2D eigenvalue weighted by molar-refractivity contribution is 6.42. The van der Waals surface area contributed by atoms with Crippen molar-refractivity contribution in [3.63, 3.8) is 0 Å². The highest BCUT2D eigenvalue weighted by Crippen LogP contribution is 2.37. The van der Waals surface area contributed by atoms with E-state index in [4.69, 9.17) is 27.9 Å². The van der Waals surface area contributed by atoms with E-state index in [0.29, 0.717) is 22.7 Å². The van der Waals surface area contributed by atoms with E-state index in [2.05, 4.69) is 0 Å². The summed E-state index contributed by atoms with van der Waals surface area (Å²) in [7, 11) is 0. The third-order valence-electron chi connectivity index (χ3n) is 4.54. The zero-order chi connectivity index (χ0) is 22.3. The second-order valence-electron chi connectivity index (χ2n) is 6.74. The molecule has 31 heavy (non-hydrogen) atoms. The molecular formula is C19H14Cl3F6NO2. The van der Waals surface area contributed by atoms with E-state index < -0.39 is 36.1 Å². The molecule has 0 aromatic heterocycles. The van der Waals surface area contributed by atoms with Gasteiger partial charge in [0.2, 0.25) is 0 Å². The molecule has 1 atom stereocenters. The number of carbonyl (C=O) groups excluding carboxylic acids is 1. The molecule has 1 unspecified atom stereocenters. The summed E-state index contributed by atoms with van der Waals surface area (Å²) in [6.45, 7) is -0.471. The van der Waals surface area contributed by atoms with Crippen molar-refractivity contribution in [3.8, 4) is 0 Å². The minimum Gasteiger partial charge on any atom is -0.449 e. The Morgan fingerprint density at radius 1 is 0.935 bits per heavy atom. The molecule has 1 saturated heterocycles. The van der Waals surface area contributed by atoms with Crippen LogP contribution in [-0.2, 0) is 23.6 Å². The van der Waals surface area contributed by atoms with Crippen molar-refractivity contribution in [1.29, 1.82) is 0 Å². The van der Waals surface area contributed by atoms with E-state index in [1.165, 1.54) is 0 Å². The highest BCUT2D eigenvalue weighted by atomic mass is 35.5. The number of ether oxygens (including phenoxy) is 1. The summed E-state index contributed by atoms with van der Waals surface area (Å²) < 4.78 is 83.4. The van der Waals surface area contributed by atoms with E-state index in [9.17, 15) is 31.1 Å². The van der Waals surface area contributed by atoms with Crippen molar-refractivity contribution in [2.24, 2.45) is 0 Å². The first kappa shape index (κ1) is 25.4. The Hall–Kier alpha value is -1.84. The van der Waals surface area contributed by atoms with Gasteiger partial charge in [-0.1, -0.05) is 29.3 Å². The first-order chi connectivity index (χ1) is 13.8. The van der Waals surface area contributed by atoms with Crippen molar-refractivity contribution in [2.75, 3.05) is 13.2 Å². The van der Waals surface area contributed by atoms with Crippen LogP contribution in [0, 0.1) is 0 Å². The minimum atomic E-state index is -4.97. The molecule has 2 aromatic rings. The molecule has 3 nitrogen and oxygen atoms in total. The second kappa shape index (κ2) is 9.34. The number of rotatable bonds is 3. The van der Waals surface area contributed by atoms with Crippen LogP contribution in [0.4, 0.5) is 31.1 Å². The van der Waals surface area contributed by atoms with Gasteiger partial charge in [-0.2, -0.15) is 26.3 Å². The SMILES string of the molecule is Cl.O=C1OCC(c2ccc(Cl)c(Cl)c2)CN1Cc1cc(C(F)(F)F)cc(C(F)(F)F)c1. The number of benzene rings is 2. The van der Waals surface area contributed by atoms with Crippen LogP contribution in [0.3, 0.4) is 0 Å². The summed E-state index contributed by atoms with van der Waals surface area (Å²) in [6.07, 6.45) is -10.8. The maximum absolute atomic E-state index is 13.0. The molecule has 0 spiro atoms. The van der Waals surface area contributed by atoms with Gasteiger partial charge in [-0.15, -0.1) is 12.4 Å². The average molecular weight is 509 g/mol. The number of alkyl halides is 6. The van der Waals surface area contributed by atoms with Gasteiger partial charge in [0, 0.05) is 19.0 Å². The molecule has 0 aliphatic carbocycles. The second-order valence-corrected chi connectivity index (χ2v) is 7.56. The van der Waals surface area contributed by atoms with E-state index >= 15 is 0 Å². The molecule has 3 rings (SSSR count). The number of hydrogen-bond acceptors (Lipinski definition) is 2. The van der Waals surface area contributed by atoms with E-state index in [1.54, 1.807) is 18.2 Å². The predicted molar refractivity (Wildman–Crippen MR) is 105 cm³/mol. The molecule has 0 bridgehead atoms. The fourth-order valence-electron chi connectivity index (χ4n) is 3.08. The van der Waals surface area contributed by atoms with Crippen LogP contribution in [0.5, 0.6) is 0 Å². The highest BCUT2D eigenvalue weighted by Gasteiger charge is 2.37. The summed E-state index contributed by atoms with van der Waals surface area (Å²) in [4.78, 5) is 13.1. The first-order valence-electron chi connectivity index (χ1n) is 8.49. The summed E-state index contributed by atoms with van der Waals surface area (Å²) in [6, 6.07) is 5.98. The lowest BCUT2D eigenvalue weighted by Crippen LogP contribution is -2.41. The van der Waals surface area contributed by atoms with Crippen molar-refractivity contribution < 1.29 is 35.9 Å². The molecule has 0 saturated carbocycles. The number of halogens is 9. The van der Waals surface area contributed by atoms with Gasteiger partial charge in [0.25, 0.3) is 0 Å². The topological polar surface area (TPSA) is 29.5 Å². The molecular weight excluding hydrogens is 495 g/mol. The molecule has 1 heterocycles. The fraction of sp³-hybridized carbons (Fsp3) is 0.316. The zero-order valence-electron chi connectivity index (χ0n) is 15.4. The van der Waals surface area contributed by atoms with Crippen LogP contribution < -0.4 is 0 Å². The van der Waals surface area contributed by atoms with E-state index in [0.717, 1.165) is 4.90 Å². The lowest BCUT2D eigenvalue weighted by atomic mass is 9.98. The van der Waals surface area contributed by atoms with Gasteiger partial charge in [0.1, 0.15) is 6.61 Å². The van der Waals surface area contributed by atoms with Gasteiger partial charge in [-0.3, -0.25) is 0 Å². The van der Waals surface area contributed by atoms with Crippen molar-refractivity contribution in [2.45, 2.75) is 24.8 Å². The van der Waals surface area contributed by atoms with Crippen molar-refractivity contribution in [3.05, 3.63) is 68.7 Å². The van der Waals surface area contributed by atoms with Gasteiger partial charge in [0.05, 0.1) is 21.2 Å². The Kier molecular flexibility index (Phi) is 7.66. The fourth-order valence-corrected chi connectivity index (χ4v) is 3.39. The Labute approximate surface area is 189 Å². The van der Waals surface area contributed by atoms with Gasteiger partial charge in [-0.25, -0.2) is 4.79 Å². The van der Waals surface area contributed by atoms with Crippen LogP contribution in [0.2, 0.25) is 10.0 Å². The minimum absolute atomic E-state index is 0. The van der Waals surface area contributed by atoms with Gasteiger partial charge >= 0.3 is 18.4 Å². The van der Waals surface area contributed by atoms with Crippen molar-refractivity contribution >= 4 is 41.7 Å². The lowest BCUT2D eigenvalue weighted by molar-refractivity contribution is -0.143. The van der Waals surface area contributed by atoms with Gasteiger partial charge in [-0.05, 0) is 41.5 Å². The average Bonchev–Trinajstić information content (AvgIpc) is 2.64. The smallest absolute Gasteiger partial charge is 0.416 e. The first-order valence-corrected chi connectivity index (χ1v) is 9.25. The van der Waals surface area contributed by atoms with Gasteiger partial charge < -0.3 is 9.64 Å². The number of amides is 1. The van der Waals surface area contributed by atoms with Crippen molar-refractivity contribution in [1.82, 2.24) is 4.90 Å². The summed E-state index contributed by atoms with van der Waals surface area (Å²) >= 11 is 11.9. The summed E-state index contributed by atoms with van der Waals surface area (Å²) in [5.74, 6) is -0.384. The third kappa shape index (κ3) is 6.11. The Balaban J connectivity index is 0.00000341. The van der Waals surface area contributed by atoms with E-state index in [1.807, 2.05) is 0 Å². The third-order valence-corrected chi connectivity index (χ3v) is 5.28. The van der Waals surface area contributed by atoms with E-state index in [-0.39, 0.29) is 48.1 Å². The maximum atomic E-state index is 13.0. The Morgan fingerprint density at radius 3 is 2.03 bits per heavy atom. The predicted octanol–water partition coefficient (Wildman–Crippen LogP) is 7.19. The van der Waals surface area contributed by atoms with Gasteiger partial charge in [0.15, 0.2) is 0 Å². The number of carbonyl (C=O) groups is 1. The number of hydrogen-bond donors (Lipinski definition) is 0. The van der Waals surface area contributed by atoms with Crippen LogP contribution in [0.25, 0.3) is 0 Å². The number of cyclic esters (lactones) is 1. The zero-order valence-corrected chi connectivity index (χ0v) is 17.7. The molecule has 1 aliphatic rings. The molecule has 170 valence electrons. The molecule has 1 aliphatic heterocycles. The Morgan fingerprint density at radius 2 is 1.52 bits per heavy atom. The standard InChI is InChI=1S/C19H13Cl2F6NO2.ClH/c20-15-2-1-11(5-16(15)21)12-8-28(17(29)30-9-12)7-10-3-13(18(22,23)24)6-14(4-10)19(25,26)27;/h1-6,12H,7-9H2;1H. The largest absolute Gasteiger partial charge is 0.449 e. The Bertz CT molecular complexity index is 932.